The third-order valence-electron chi connectivity index (χ3n) is 2.38. The maximum atomic E-state index is 12.2. The Kier molecular flexibility index (Phi) is 3.19. The Bertz CT molecular complexity index is 634. The third-order valence-corrected chi connectivity index (χ3v) is 3.09. The number of anilines is 1. The van der Waals surface area contributed by atoms with Crippen LogP contribution in [0.25, 0.3) is 10.9 Å². The second-order valence-electron chi connectivity index (χ2n) is 3.59. The average Bonchev–Trinajstić information content (AvgIpc) is 2.32. The van der Waals surface area contributed by atoms with Crippen molar-refractivity contribution in [2.24, 2.45) is 0 Å². The van der Waals surface area contributed by atoms with Gasteiger partial charge in [0, 0.05) is 12.3 Å². The molecule has 0 fully saturated rings. The lowest BCUT2D eigenvalue weighted by Gasteiger charge is -2.09. The second kappa shape index (κ2) is 4.63. The number of aromatic nitrogens is 1. The number of hydrogen-bond acceptors (Lipinski definition) is 3. The molecular weight excluding hydrogens is 236 g/mol. The van der Waals surface area contributed by atoms with Gasteiger partial charge in [-0.2, -0.15) is 0 Å². The van der Waals surface area contributed by atoms with E-state index in [9.17, 15) is 9.59 Å². The third kappa shape index (κ3) is 2.19. The average molecular weight is 248 g/mol. The standard InChI is InChI=1S/C12H12N2O2S/c1-7(15)13-10-11(16)8-5-3-4-6-9(8)14-12(10)17-2/h3-6H,1-2H3,(H,13,15)(H,14,16). The molecule has 88 valence electrons. The van der Waals surface area contributed by atoms with Crippen LogP contribution in [0.3, 0.4) is 0 Å². The number of carbonyl (C=O) groups excluding carboxylic acids is 1. The molecule has 4 nitrogen and oxygen atoms in total. The van der Waals surface area contributed by atoms with Gasteiger partial charge < -0.3 is 10.3 Å². The summed E-state index contributed by atoms with van der Waals surface area (Å²) in [6.45, 7) is 1.39. The Labute approximate surface area is 102 Å². The molecule has 2 N–H and O–H groups in total. The molecule has 0 aliphatic heterocycles. The molecule has 0 spiro atoms. The van der Waals surface area contributed by atoms with E-state index < -0.39 is 0 Å². The zero-order chi connectivity index (χ0) is 12.4. The second-order valence-corrected chi connectivity index (χ2v) is 4.41. The van der Waals surface area contributed by atoms with Gasteiger partial charge in [-0.1, -0.05) is 12.1 Å². The Hall–Kier alpha value is -1.75. The zero-order valence-corrected chi connectivity index (χ0v) is 10.4. The molecule has 5 heteroatoms. The molecule has 0 aliphatic carbocycles. The summed E-state index contributed by atoms with van der Waals surface area (Å²) in [6, 6.07) is 7.24. The predicted octanol–water partition coefficient (Wildman–Crippen LogP) is 2.21. The van der Waals surface area contributed by atoms with Crippen molar-refractivity contribution in [3.05, 3.63) is 34.5 Å². The van der Waals surface area contributed by atoms with E-state index in [0.717, 1.165) is 5.52 Å². The molecule has 1 aromatic heterocycles. The van der Waals surface area contributed by atoms with Gasteiger partial charge in [0.05, 0.1) is 5.52 Å². The lowest BCUT2D eigenvalue weighted by atomic mass is 10.2. The van der Waals surface area contributed by atoms with Gasteiger partial charge in [-0.15, -0.1) is 11.8 Å². The minimum Gasteiger partial charge on any atom is -0.348 e. The van der Waals surface area contributed by atoms with Crippen LogP contribution in [-0.2, 0) is 4.79 Å². The van der Waals surface area contributed by atoms with Crippen molar-refractivity contribution >= 4 is 34.3 Å². The largest absolute Gasteiger partial charge is 0.348 e. The molecule has 0 bridgehead atoms. The number of H-pyrrole nitrogens is 1. The summed E-state index contributed by atoms with van der Waals surface area (Å²) in [6.07, 6.45) is 1.85. The highest BCUT2D eigenvalue weighted by Gasteiger charge is 2.11. The van der Waals surface area contributed by atoms with Crippen LogP contribution in [0.4, 0.5) is 5.69 Å². The van der Waals surface area contributed by atoms with Gasteiger partial charge in [0.2, 0.25) is 11.3 Å². The van der Waals surface area contributed by atoms with Crippen molar-refractivity contribution in [1.29, 1.82) is 0 Å². The first-order chi connectivity index (χ1) is 8.13. The normalized spacial score (nSPS) is 10.5. The Balaban J connectivity index is 2.76. The summed E-state index contributed by atoms with van der Waals surface area (Å²) in [4.78, 5) is 26.4. The van der Waals surface area contributed by atoms with E-state index in [-0.39, 0.29) is 11.3 Å². The number of nitrogens with one attached hydrogen (secondary N) is 2. The molecule has 2 rings (SSSR count). The molecule has 0 saturated heterocycles. The maximum absolute atomic E-state index is 12.2. The van der Waals surface area contributed by atoms with Crippen molar-refractivity contribution in [1.82, 2.24) is 4.98 Å². The van der Waals surface area contributed by atoms with Crippen molar-refractivity contribution < 1.29 is 4.79 Å². The zero-order valence-electron chi connectivity index (χ0n) is 9.53. The fourth-order valence-electron chi connectivity index (χ4n) is 1.66. The van der Waals surface area contributed by atoms with Crippen molar-refractivity contribution in [3.8, 4) is 0 Å². The molecule has 17 heavy (non-hydrogen) atoms. The highest BCUT2D eigenvalue weighted by Crippen LogP contribution is 2.22. The number of amides is 1. The van der Waals surface area contributed by atoms with Crippen LogP contribution in [0.5, 0.6) is 0 Å². The fraction of sp³-hybridized carbons (Fsp3) is 0.167. The highest BCUT2D eigenvalue weighted by atomic mass is 32.2. The van der Waals surface area contributed by atoms with E-state index in [0.29, 0.717) is 16.1 Å². The van der Waals surface area contributed by atoms with Crippen molar-refractivity contribution in [3.63, 3.8) is 0 Å². The van der Waals surface area contributed by atoms with E-state index in [1.54, 1.807) is 12.1 Å². The topological polar surface area (TPSA) is 62.0 Å². The fourth-order valence-corrected chi connectivity index (χ4v) is 2.22. The van der Waals surface area contributed by atoms with E-state index >= 15 is 0 Å². The highest BCUT2D eigenvalue weighted by molar-refractivity contribution is 7.98. The van der Waals surface area contributed by atoms with Crippen LogP contribution in [-0.4, -0.2) is 17.1 Å². The van der Waals surface area contributed by atoms with Gasteiger partial charge >= 0.3 is 0 Å². The van der Waals surface area contributed by atoms with Gasteiger partial charge in [-0.3, -0.25) is 9.59 Å². The van der Waals surface area contributed by atoms with Crippen LogP contribution < -0.4 is 10.7 Å². The molecule has 1 heterocycles. The lowest BCUT2D eigenvalue weighted by Crippen LogP contribution is -2.17. The number of para-hydroxylation sites is 1. The smallest absolute Gasteiger partial charge is 0.221 e. The van der Waals surface area contributed by atoms with Crippen LogP contribution in [0.15, 0.2) is 34.1 Å². The first-order valence-corrected chi connectivity index (χ1v) is 6.32. The van der Waals surface area contributed by atoms with Crippen LogP contribution in [0.2, 0.25) is 0 Å². The Morgan fingerprint density at radius 1 is 1.35 bits per heavy atom. The van der Waals surface area contributed by atoms with Gasteiger partial charge in [-0.25, -0.2) is 0 Å². The van der Waals surface area contributed by atoms with Gasteiger partial charge in [0.15, 0.2) is 0 Å². The van der Waals surface area contributed by atoms with Crippen molar-refractivity contribution in [2.45, 2.75) is 11.9 Å². The number of pyridine rings is 1. The Morgan fingerprint density at radius 2 is 2.06 bits per heavy atom. The quantitative estimate of drug-likeness (QED) is 0.801. The number of benzene rings is 1. The molecule has 0 atom stereocenters. The number of thioether (sulfide) groups is 1. The van der Waals surface area contributed by atoms with E-state index in [2.05, 4.69) is 10.3 Å². The monoisotopic (exact) mass is 248 g/mol. The van der Waals surface area contributed by atoms with Crippen molar-refractivity contribution in [2.75, 3.05) is 11.6 Å². The number of fused-ring (bicyclic) bond motifs is 1. The van der Waals surface area contributed by atoms with Gasteiger partial charge in [0.1, 0.15) is 10.7 Å². The Morgan fingerprint density at radius 3 is 2.71 bits per heavy atom. The summed E-state index contributed by atoms with van der Waals surface area (Å²) in [5.74, 6) is -0.249. The predicted molar refractivity (Wildman–Crippen MR) is 70.7 cm³/mol. The summed E-state index contributed by atoms with van der Waals surface area (Å²) in [5.41, 5.74) is 0.943. The van der Waals surface area contributed by atoms with Crippen LogP contribution in [0.1, 0.15) is 6.92 Å². The molecule has 0 unspecified atom stereocenters. The summed E-state index contributed by atoms with van der Waals surface area (Å²) in [7, 11) is 0. The molecule has 2 aromatic rings. The minimum absolute atomic E-state index is 0.154. The van der Waals surface area contributed by atoms with E-state index in [1.807, 2.05) is 18.4 Å². The number of aromatic amines is 1. The molecule has 1 amide bonds. The molecule has 0 aliphatic rings. The number of rotatable bonds is 2. The molecular formula is C12H12N2O2S. The SMILES string of the molecule is CSc1[nH]c2ccccc2c(=O)c1NC(C)=O. The lowest BCUT2D eigenvalue weighted by molar-refractivity contribution is -0.114. The summed E-state index contributed by atoms with van der Waals surface area (Å²) in [5, 5.41) is 3.83. The molecule has 0 radical (unpaired) electrons. The molecule has 0 saturated carbocycles. The van der Waals surface area contributed by atoms with Gasteiger partial charge in [0.25, 0.3) is 0 Å². The number of carbonyl (C=O) groups is 1. The number of hydrogen-bond donors (Lipinski definition) is 2. The summed E-state index contributed by atoms with van der Waals surface area (Å²) >= 11 is 1.40. The van der Waals surface area contributed by atoms with Gasteiger partial charge in [-0.05, 0) is 18.4 Å². The maximum Gasteiger partial charge on any atom is 0.221 e. The first kappa shape index (κ1) is 11.7. The first-order valence-electron chi connectivity index (χ1n) is 5.10. The minimum atomic E-state index is -0.249. The molecule has 1 aromatic carbocycles. The van der Waals surface area contributed by atoms with Crippen LogP contribution in [0, 0.1) is 0 Å². The van der Waals surface area contributed by atoms with E-state index in [4.69, 9.17) is 0 Å². The van der Waals surface area contributed by atoms with E-state index in [1.165, 1.54) is 18.7 Å². The summed E-state index contributed by atoms with van der Waals surface area (Å²) < 4.78 is 0. The van der Waals surface area contributed by atoms with Crippen LogP contribution >= 0.6 is 11.8 Å².